The van der Waals surface area contributed by atoms with Crippen LogP contribution in [0.1, 0.15) is 0 Å². The molecule has 0 aliphatic rings. The Bertz CT molecular complexity index is 491. The van der Waals surface area contributed by atoms with Crippen molar-refractivity contribution in [2.45, 2.75) is 0 Å². The van der Waals surface area contributed by atoms with Gasteiger partial charge in [0.25, 0.3) is 0 Å². The van der Waals surface area contributed by atoms with E-state index in [0.717, 1.165) is 16.1 Å². The first-order valence-corrected chi connectivity index (χ1v) is 5.75. The molecule has 2 rings (SSSR count). The summed E-state index contributed by atoms with van der Waals surface area (Å²) in [6.07, 6.45) is 5.50. The standard InChI is InChI=1S/C12H12BrN3/c1-2-7-14-12-15-8-9-16(12)11-6-4-3-5-10(11)13/h2-6,8-9H,1,7H2,(H,14,15). The Hall–Kier alpha value is -1.55. The van der Waals surface area contributed by atoms with Crippen molar-refractivity contribution in [1.29, 1.82) is 0 Å². The summed E-state index contributed by atoms with van der Waals surface area (Å²) >= 11 is 3.52. The van der Waals surface area contributed by atoms with Crippen molar-refractivity contribution >= 4 is 21.9 Å². The van der Waals surface area contributed by atoms with E-state index in [-0.39, 0.29) is 0 Å². The average Bonchev–Trinajstić information content (AvgIpc) is 2.75. The highest BCUT2D eigenvalue weighted by Crippen LogP contribution is 2.23. The molecule has 0 saturated carbocycles. The van der Waals surface area contributed by atoms with Crippen molar-refractivity contribution in [1.82, 2.24) is 9.55 Å². The number of aromatic nitrogens is 2. The molecular formula is C12H12BrN3. The molecule has 0 saturated heterocycles. The molecule has 16 heavy (non-hydrogen) atoms. The van der Waals surface area contributed by atoms with Gasteiger partial charge in [-0.05, 0) is 28.1 Å². The van der Waals surface area contributed by atoms with Crippen LogP contribution >= 0.6 is 15.9 Å². The molecule has 0 radical (unpaired) electrons. The van der Waals surface area contributed by atoms with Crippen LogP contribution in [0.15, 0.2) is 53.8 Å². The average molecular weight is 278 g/mol. The first-order valence-electron chi connectivity index (χ1n) is 4.96. The molecule has 1 N–H and O–H groups in total. The molecule has 0 bridgehead atoms. The Morgan fingerprint density at radius 2 is 2.25 bits per heavy atom. The Morgan fingerprint density at radius 1 is 1.44 bits per heavy atom. The third kappa shape index (κ3) is 2.17. The van der Waals surface area contributed by atoms with Crippen LogP contribution < -0.4 is 5.32 Å². The molecule has 0 aliphatic carbocycles. The van der Waals surface area contributed by atoms with Crippen molar-refractivity contribution < 1.29 is 0 Å². The van der Waals surface area contributed by atoms with Gasteiger partial charge in [-0.15, -0.1) is 6.58 Å². The maximum atomic E-state index is 4.25. The summed E-state index contributed by atoms with van der Waals surface area (Å²) in [7, 11) is 0. The van der Waals surface area contributed by atoms with Gasteiger partial charge in [-0.2, -0.15) is 0 Å². The zero-order valence-electron chi connectivity index (χ0n) is 8.73. The number of nitrogens with one attached hydrogen (secondary N) is 1. The minimum atomic E-state index is 0.696. The molecule has 4 heteroatoms. The van der Waals surface area contributed by atoms with Crippen molar-refractivity contribution in [2.24, 2.45) is 0 Å². The van der Waals surface area contributed by atoms with Gasteiger partial charge < -0.3 is 5.32 Å². The van der Waals surface area contributed by atoms with Gasteiger partial charge >= 0.3 is 0 Å². The van der Waals surface area contributed by atoms with E-state index < -0.39 is 0 Å². The number of nitrogens with zero attached hydrogens (tertiary/aromatic N) is 2. The summed E-state index contributed by atoms with van der Waals surface area (Å²) in [5.41, 5.74) is 1.06. The van der Waals surface area contributed by atoms with Gasteiger partial charge in [-0.3, -0.25) is 4.57 Å². The van der Waals surface area contributed by atoms with Crippen LogP contribution in [-0.2, 0) is 0 Å². The molecule has 82 valence electrons. The number of anilines is 1. The predicted octanol–water partition coefficient (Wildman–Crippen LogP) is 3.23. The Kier molecular flexibility index (Phi) is 3.41. The second-order valence-corrected chi connectivity index (χ2v) is 4.10. The van der Waals surface area contributed by atoms with Crippen molar-refractivity contribution in [3.63, 3.8) is 0 Å². The molecule has 3 nitrogen and oxygen atoms in total. The Balaban J connectivity index is 2.37. The molecule has 1 aromatic carbocycles. The number of benzene rings is 1. The molecule has 1 aromatic heterocycles. The van der Waals surface area contributed by atoms with Crippen LogP contribution in [0.4, 0.5) is 5.95 Å². The molecule has 1 heterocycles. The molecule has 2 aromatic rings. The lowest BCUT2D eigenvalue weighted by molar-refractivity contribution is 1.03. The maximum absolute atomic E-state index is 4.25. The first kappa shape index (κ1) is 11.0. The molecule has 0 aliphatic heterocycles. The van der Waals surface area contributed by atoms with E-state index in [0.29, 0.717) is 6.54 Å². The summed E-state index contributed by atoms with van der Waals surface area (Å²) in [4.78, 5) is 4.25. The van der Waals surface area contributed by atoms with E-state index >= 15 is 0 Å². The highest BCUT2D eigenvalue weighted by atomic mass is 79.9. The van der Waals surface area contributed by atoms with E-state index in [1.54, 1.807) is 12.3 Å². The van der Waals surface area contributed by atoms with Crippen LogP contribution in [0.25, 0.3) is 5.69 Å². The minimum absolute atomic E-state index is 0.696. The van der Waals surface area contributed by atoms with Gasteiger partial charge in [0.05, 0.1) is 5.69 Å². The number of hydrogen-bond acceptors (Lipinski definition) is 2. The molecule has 0 spiro atoms. The summed E-state index contributed by atoms with van der Waals surface area (Å²) in [5.74, 6) is 0.812. The smallest absolute Gasteiger partial charge is 0.207 e. The predicted molar refractivity (Wildman–Crippen MR) is 70.0 cm³/mol. The molecule has 0 amide bonds. The fourth-order valence-corrected chi connectivity index (χ4v) is 1.91. The second-order valence-electron chi connectivity index (χ2n) is 3.24. The number of halogens is 1. The highest BCUT2D eigenvalue weighted by Gasteiger charge is 2.06. The van der Waals surface area contributed by atoms with Crippen LogP contribution in [0, 0.1) is 0 Å². The fraction of sp³-hybridized carbons (Fsp3) is 0.0833. The SMILES string of the molecule is C=CCNc1nccn1-c1ccccc1Br. The fourth-order valence-electron chi connectivity index (χ4n) is 1.44. The lowest BCUT2D eigenvalue weighted by atomic mass is 10.3. The van der Waals surface area contributed by atoms with Gasteiger partial charge in [0.1, 0.15) is 0 Å². The summed E-state index contributed by atoms with van der Waals surface area (Å²) in [6, 6.07) is 8.02. The van der Waals surface area contributed by atoms with Crippen molar-refractivity contribution in [3.05, 3.63) is 53.8 Å². The van der Waals surface area contributed by atoms with E-state index in [2.05, 4.69) is 32.8 Å². The van der Waals surface area contributed by atoms with E-state index in [1.807, 2.05) is 35.0 Å². The van der Waals surface area contributed by atoms with Gasteiger partial charge in [0.15, 0.2) is 0 Å². The first-order chi connectivity index (χ1) is 7.83. The second kappa shape index (κ2) is 4.99. The summed E-state index contributed by atoms with van der Waals surface area (Å²) in [5, 5.41) is 3.18. The quantitative estimate of drug-likeness (QED) is 0.870. The minimum Gasteiger partial charge on any atom is -0.352 e. The Morgan fingerprint density at radius 3 is 3.00 bits per heavy atom. The Labute approximate surface area is 103 Å². The van der Waals surface area contributed by atoms with Crippen LogP contribution in [0.3, 0.4) is 0 Å². The maximum Gasteiger partial charge on any atom is 0.207 e. The van der Waals surface area contributed by atoms with Gasteiger partial charge in [-0.1, -0.05) is 18.2 Å². The monoisotopic (exact) mass is 277 g/mol. The number of rotatable bonds is 4. The van der Waals surface area contributed by atoms with E-state index in [9.17, 15) is 0 Å². The van der Waals surface area contributed by atoms with E-state index in [4.69, 9.17) is 0 Å². The zero-order valence-corrected chi connectivity index (χ0v) is 10.3. The van der Waals surface area contributed by atoms with Crippen molar-refractivity contribution in [2.75, 3.05) is 11.9 Å². The zero-order chi connectivity index (χ0) is 11.4. The van der Waals surface area contributed by atoms with Gasteiger partial charge in [0.2, 0.25) is 5.95 Å². The third-order valence-electron chi connectivity index (χ3n) is 2.16. The van der Waals surface area contributed by atoms with Gasteiger partial charge in [-0.25, -0.2) is 4.98 Å². The lowest BCUT2D eigenvalue weighted by Gasteiger charge is -2.09. The molecular weight excluding hydrogens is 266 g/mol. The summed E-state index contributed by atoms with van der Waals surface area (Å²) in [6.45, 7) is 4.37. The van der Waals surface area contributed by atoms with Crippen LogP contribution in [-0.4, -0.2) is 16.1 Å². The topological polar surface area (TPSA) is 29.9 Å². The molecule has 0 atom stereocenters. The normalized spacial score (nSPS) is 10.1. The van der Waals surface area contributed by atoms with Crippen LogP contribution in [0.5, 0.6) is 0 Å². The number of hydrogen-bond donors (Lipinski definition) is 1. The van der Waals surface area contributed by atoms with Crippen molar-refractivity contribution in [3.8, 4) is 5.69 Å². The molecule has 0 fully saturated rings. The van der Waals surface area contributed by atoms with E-state index in [1.165, 1.54) is 0 Å². The summed E-state index contributed by atoms with van der Waals surface area (Å²) < 4.78 is 3.03. The van der Waals surface area contributed by atoms with Gasteiger partial charge in [0, 0.05) is 23.4 Å². The largest absolute Gasteiger partial charge is 0.352 e. The number of imidazole rings is 1. The third-order valence-corrected chi connectivity index (χ3v) is 2.83. The lowest BCUT2D eigenvalue weighted by Crippen LogP contribution is -2.05. The molecule has 0 unspecified atom stereocenters. The highest BCUT2D eigenvalue weighted by molar-refractivity contribution is 9.10. The number of para-hydroxylation sites is 1. The van der Waals surface area contributed by atoms with Crippen LogP contribution in [0.2, 0.25) is 0 Å².